The van der Waals surface area contributed by atoms with E-state index >= 15 is 0 Å². The van der Waals surface area contributed by atoms with Gasteiger partial charge in [0.2, 0.25) is 0 Å². The van der Waals surface area contributed by atoms with E-state index in [2.05, 4.69) is 27.7 Å². The lowest BCUT2D eigenvalue weighted by molar-refractivity contribution is 0.0714. The highest BCUT2D eigenvalue weighted by Gasteiger charge is 2.50. The van der Waals surface area contributed by atoms with Gasteiger partial charge in [-0.15, -0.1) is 0 Å². The van der Waals surface area contributed by atoms with Gasteiger partial charge >= 0.3 is 26.6 Å². The first-order valence-electron chi connectivity index (χ1n) is 15.2. The predicted molar refractivity (Wildman–Crippen MR) is 166 cm³/mol. The molecule has 0 aromatic heterocycles. The summed E-state index contributed by atoms with van der Waals surface area (Å²) in [5, 5.41) is 0. The van der Waals surface area contributed by atoms with Gasteiger partial charge < -0.3 is 16.5 Å². The summed E-state index contributed by atoms with van der Waals surface area (Å²) < 4.78 is 26.6. The zero-order valence-corrected chi connectivity index (χ0v) is 30.2. The Balaban J connectivity index is 2.20. The van der Waals surface area contributed by atoms with Crippen molar-refractivity contribution in [3.63, 3.8) is 0 Å². The third-order valence-electron chi connectivity index (χ3n) is 7.64. The van der Waals surface area contributed by atoms with E-state index in [0.29, 0.717) is 11.1 Å². The highest BCUT2D eigenvalue weighted by atomic mass is 28.5. The topological polar surface area (TPSA) is 74.3 Å². The molecular formula is C28H51NO6Si4. The minimum atomic E-state index is -2.88. The zero-order valence-electron chi connectivity index (χ0n) is 25.7. The number of amides is 2. The van der Waals surface area contributed by atoms with E-state index in [1.807, 2.05) is 26.2 Å². The van der Waals surface area contributed by atoms with Crippen LogP contribution < -0.4 is 0 Å². The molecule has 11 heteroatoms. The van der Waals surface area contributed by atoms with Gasteiger partial charge in [-0.2, -0.15) is 0 Å². The maximum atomic E-state index is 14.3. The van der Waals surface area contributed by atoms with E-state index < -0.39 is 36.6 Å². The summed E-state index contributed by atoms with van der Waals surface area (Å²) >= 11 is 0. The van der Waals surface area contributed by atoms with Gasteiger partial charge in [0.05, 0.1) is 11.1 Å². The molecule has 2 aliphatic heterocycles. The first kappa shape index (κ1) is 32.6. The van der Waals surface area contributed by atoms with Gasteiger partial charge in [0.1, 0.15) is 0 Å². The molecule has 7 nitrogen and oxygen atoms in total. The molecular weight excluding hydrogens is 559 g/mol. The maximum absolute atomic E-state index is 14.3. The Labute approximate surface area is 242 Å². The second-order valence-corrected chi connectivity index (χ2v) is 23.0. The maximum Gasteiger partial charge on any atom is 0.434 e. The third-order valence-corrected chi connectivity index (χ3v) is 20.5. The van der Waals surface area contributed by atoms with Gasteiger partial charge in [0.25, 0.3) is 21.8 Å². The van der Waals surface area contributed by atoms with Crippen LogP contribution in [0.1, 0.15) is 122 Å². The largest absolute Gasteiger partial charge is 0.434 e. The molecule has 1 aromatic carbocycles. The number of hydrogen-bond donors (Lipinski definition) is 0. The lowest BCUT2D eigenvalue weighted by atomic mass is 9.80. The van der Waals surface area contributed by atoms with Gasteiger partial charge in [-0.05, 0) is 99.8 Å². The van der Waals surface area contributed by atoms with Gasteiger partial charge in [-0.25, -0.2) is 0 Å². The van der Waals surface area contributed by atoms with Crippen molar-refractivity contribution in [3.05, 3.63) is 33.4 Å². The summed E-state index contributed by atoms with van der Waals surface area (Å²) in [4.78, 5) is 28.7. The van der Waals surface area contributed by atoms with E-state index in [9.17, 15) is 9.59 Å². The Morgan fingerprint density at radius 1 is 0.667 bits per heavy atom. The van der Waals surface area contributed by atoms with Gasteiger partial charge in [-0.1, -0.05) is 53.4 Å². The number of hydrogen-bond acceptors (Lipinski definition) is 6. The molecule has 0 bridgehead atoms. The van der Waals surface area contributed by atoms with Crippen molar-refractivity contribution >= 4 is 48.4 Å². The molecule has 1 atom stereocenters. The highest BCUT2D eigenvalue weighted by molar-refractivity contribution is 6.84. The Bertz CT molecular complexity index is 973. The predicted octanol–water partition coefficient (Wildman–Crippen LogP) is 5.85. The summed E-state index contributed by atoms with van der Waals surface area (Å²) in [6, 6.07) is 0. The molecule has 0 spiro atoms. The number of unbranched alkanes of at least 4 members (excludes halogenated alkanes) is 4. The fourth-order valence-electron chi connectivity index (χ4n) is 5.82. The molecule has 1 fully saturated rings. The van der Waals surface area contributed by atoms with Crippen LogP contribution in [0.15, 0.2) is 0 Å². The minimum Gasteiger partial charge on any atom is -0.420 e. The van der Waals surface area contributed by atoms with Gasteiger partial charge in [0.15, 0.2) is 0 Å². The molecule has 0 radical (unpaired) electrons. The number of carbonyl (C=O) groups is 2. The molecule has 0 saturated carbocycles. The standard InChI is InChI=1S/C28H51NO6Si4/c1-9-13-17-21-22(18-14-10-2)24(20-16-12-4)26-25(23(21)19-15-11-3)27(30)29(28(26)31)37-32-36-33-38(5,6)35-39(7,8)34-37/h37H,9-20,36H2,1-8H3. The zero-order chi connectivity index (χ0) is 28.8. The number of rotatable bonds is 13. The van der Waals surface area contributed by atoms with Crippen LogP contribution in [0.3, 0.4) is 0 Å². The molecule has 1 aromatic rings. The molecule has 220 valence electrons. The molecule has 2 amide bonds. The normalized spacial score (nSPS) is 21.3. The SMILES string of the molecule is CCCCc1c(CCCC)c(CCCC)c2c(c1CCCC)C(=O)N([SiH]1O[SiH2]O[Si](C)(C)O[Si](C)(C)O1)C2=O. The second kappa shape index (κ2) is 14.3. The first-order chi connectivity index (χ1) is 18.5. The van der Waals surface area contributed by atoms with Crippen molar-refractivity contribution in [2.75, 3.05) is 0 Å². The molecule has 3 rings (SSSR count). The van der Waals surface area contributed by atoms with Gasteiger partial charge in [0, 0.05) is 0 Å². The van der Waals surface area contributed by atoms with E-state index in [0.717, 1.165) is 88.2 Å². The first-order valence-corrected chi connectivity index (χ1v) is 23.5. The Kier molecular flexibility index (Phi) is 11.9. The summed E-state index contributed by atoms with van der Waals surface area (Å²) in [5.41, 5.74) is 6.20. The Morgan fingerprint density at radius 2 is 1.08 bits per heavy atom. The number of imide groups is 1. The fourth-order valence-corrected chi connectivity index (χ4v) is 18.9. The van der Waals surface area contributed by atoms with Crippen LogP contribution in [0.4, 0.5) is 0 Å². The monoisotopic (exact) mass is 609 g/mol. The van der Waals surface area contributed by atoms with Crippen molar-refractivity contribution in [2.45, 2.75) is 131 Å². The molecule has 2 heterocycles. The average molecular weight is 610 g/mol. The molecule has 1 unspecified atom stereocenters. The van der Waals surface area contributed by atoms with E-state index in [1.165, 1.54) is 15.7 Å². The van der Waals surface area contributed by atoms with Crippen molar-refractivity contribution in [1.82, 2.24) is 4.57 Å². The van der Waals surface area contributed by atoms with Crippen LogP contribution in [0.25, 0.3) is 0 Å². The number of carbonyl (C=O) groups excluding carboxylic acids is 2. The number of benzene rings is 1. The number of fused-ring (bicyclic) bond motifs is 1. The highest BCUT2D eigenvalue weighted by Crippen LogP contribution is 2.39. The fraction of sp³-hybridized carbons (Fsp3) is 0.714. The lowest BCUT2D eigenvalue weighted by Gasteiger charge is -2.39. The van der Waals surface area contributed by atoms with Crippen LogP contribution in [0, 0.1) is 0 Å². The van der Waals surface area contributed by atoms with Crippen LogP contribution in [-0.2, 0) is 42.1 Å². The average Bonchev–Trinajstić information content (AvgIpc) is 3.11. The third kappa shape index (κ3) is 7.67. The quantitative estimate of drug-likeness (QED) is 0.206. The van der Waals surface area contributed by atoms with Crippen molar-refractivity contribution in [3.8, 4) is 0 Å². The summed E-state index contributed by atoms with van der Waals surface area (Å²) in [5.74, 6) is -0.433. The van der Waals surface area contributed by atoms with Crippen molar-refractivity contribution < 1.29 is 26.0 Å². The second-order valence-electron chi connectivity index (χ2n) is 11.8. The molecule has 0 N–H and O–H groups in total. The van der Waals surface area contributed by atoms with Crippen molar-refractivity contribution in [1.29, 1.82) is 0 Å². The Morgan fingerprint density at radius 3 is 1.49 bits per heavy atom. The Hall–Kier alpha value is -0.932. The van der Waals surface area contributed by atoms with Crippen LogP contribution in [0.5, 0.6) is 0 Å². The van der Waals surface area contributed by atoms with Crippen LogP contribution >= 0.6 is 0 Å². The van der Waals surface area contributed by atoms with Crippen LogP contribution in [0.2, 0.25) is 26.2 Å². The van der Waals surface area contributed by atoms with Gasteiger partial charge in [-0.3, -0.25) is 14.2 Å². The van der Waals surface area contributed by atoms with E-state index in [-0.39, 0.29) is 11.8 Å². The van der Waals surface area contributed by atoms with E-state index in [4.69, 9.17) is 16.5 Å². The van der Waals surface area contributed by atoms with Crippen molar-refractivity contribution in [2.24, 2.45) is 0 Å². The summed E-state index contributed by atoms with van der Waals surface area (Å²) in [7, 11) is -9.36. The summed E-state index contributed by atoms with van der Waals surface area (Å²) in [6.45, 7) is 16.7. The molecule has 1 saturated heterocycles. The summed E-state index contributed by atoms with van der Waals surface area (Å²) in [6.07, 6.45) is 12.0. The lowest BCUT2D eigenvalue weighted by Crippen LogP contribution is -2.60. The minimum absolute atomic E-state index is 0.216. The number of nitrogens with zero attached hydrogens (tertiary/aromatic N) is 1. The molecule has 2 aliphatic rings. The smallest absolute Gasteiger partial charge is 0.420 e. The van der Waals surface area contributed by atoms with Crippen LogP contribution in [-0.4, -0.2) is 53.0 Å². The molecule has 0 aliphatic carbocycles. The molecule has 39 heavy (non-hydrogen) atoms. The van der Waals surface area contributed by atoms with E-state index in [1.54, 1.807) is 0 Å².